The molecule has 0 atom stereocenters. The summed E-state index contributed by atoms with van der Waals surface area (Å²) >= 11 is 0. The molecule has 8 heteroatoms. The zero-order valence-electron chi connectivity index (χ0n) is 11.4. The number of nitrogens with one attached hydrogen (secondary N) is 1. The number of hydrogen-bond donors (Lipinski definition) is 3. The maximum atomic E-state index is 12.7. The second kappa shape index (κ2) is 5.91. The summed E-state index contributed by atoms with van der Waals surface area (Å²) in [7, 11) is 1.67. The molecule has 1 fully saturated rings. The summed E-state index contributed by atoms with van der Waals surface area (Å²) in [5.41, 5.74) is 4.78. The molecular weight excluding hydrogens is 262 g/mol. The number of oxime groups is 1. The average Bonchev–Trinajstić information content (AvgIpc) is 2.99. The van der Waals surface area contributed by atoms with Gasteiger partial charge in [-0.3, -0.25) is 4.79 Å². The number of H-pyrrole nitrogens is 1. The molecule has 0 spiro atoms. The highest BCUT2D eigenvalue weighted by Crippen LogP contribution is 2.33. The Balaban J connectivity index is 2.18. The molecular formula is C12H19N5O3. The van der Waals surface area contributed by atoms with Crippen LogP contribution in [0.25, 0.3) is 0 Å². The second-order valence-corrected chi connectivity index (χ2v) is 4.88. The number of rotatable bonds is 4. The highest BCUT2D eigenvalue weighted by Gasteiger charge is 2.46. The summed E-state index contributed by atoms with van der Waals surface area (Å²) < 4.78 is 5.27. The van der Waals surface area contributed by atoms with Crippen molar-refractivity contribution in [2.24, 2.45) is 16.3 Å². The number of hydrogen-bond acceptors (Lipinski definition) is 5. The average molecular weight is 281 g/mol. The molecule has 2 rings (SSSR count). The molecule has 1 saturated heterocycles. The molecule has 0 bridgehead atoms. The van der Waals surface area contributed by atoms with Gasteiger partial charge in [0.2, 0.25) is 5.91 Å². The Labute approximate surface area is 116 Å². The zero-order chi connectivity index (χ0) is 14.6. The van der Waals surface area contributed by atoms with Crippen molar-refractivity contribution in [1.29, 1.82) is 0 Å². The van der Waals surface area contributed by atoms with Gasteiger partial charge in [0.25, 0.3) is 0 Å². The molecule has 1 aromatic heterocycles. The Hall–Kier alpha value is -2.09. The van der Waals surface area contributed by atoms with Crippen molar-refractivity contribution in [1.82, 2.24) is 14.9 Å². The molecule has 4 N–H and O–H groups in total. The Bertz CT molecular complexity index is 479. The first kappa shape index (κ1) is 14.3. The maximum absolute atomic E-state index is 12.7. The molecule has 20 heavy (non-hydrogen) atoms. The number of carbonyl (C=O) groups excluding carboxylic acids is 1. The van der Waals surface area contributed by atoms with Crippen LogP contribution in [-0.2, 0) is 16.1 Å². The number of imidazole rings is 1. The Kier molecular flexibility index (Phi) is 4.23. The lowest BCUT2D eigenvalue weighted by molar-refractivity contribution is -0.142. The fraction of sp³-hybridized carbons (Fsp3) is 0.583. The van der Waals surface area contributed by atoms with Gasteiger partial charge in [0, 0.05) is 32.7 Å². The van der Waals surface area contributed by atoms with Crippen molar-refractivity contribution >= 4 is 11.7 Å². The van der Waals surface area contributed by atoms with Gasteiger partial charge < -0.3 is 25.6 Å². The molecule has 2 heterocycles. The largest absolute Gasteiger partial charge is 0.409 e. The number of amidine groups is 1. The predicted molar refractivity (Wildman–Crippen MR) is 71.0 cm³/mol. The molecule has 1 amide bonds. The predicted octanol–water partition coefficient (Wildman–Crippen LogP) is -0.0887. The van der Waals surface area contributed by atoms with Gasteiger partial charge in [0.15, 0.2) is 5.84 Å². The first-order chi connectivity index (χ1) is 9.60. The van der Waals surface area contributed by atoms with E-state index in [4.69, 9.17) is 15.7 Å². The molecule has 0 aliphatic carbocycles. The molecule has 0 unspecified atom stereocenters. The SMILES string of the molecule is CN(Cc1ncc[nH]1)C(=O)C1(C(N)=NO)CCOCC1. The van der Waals surface area contributed by atoms with Crippen molar-refractivity contribution in [3.05, 3.63) is 18.2 Å². The first-order valence-corrected chi connectivity index (χ1v) is 6.40. The van der Waals surface area contributed by atoms with Crippen LogP contribution >= 0.6 is 0 Å². The molecule has 1 aliphatic heterocycles. The lowest BCUT2D eigenvalue weighted by atomic mass is 9.77. The van der Waals surface area contributed by atoms with Gasteiger partial charge in [-0.15, -0.1) is 0 Å². The Morgan fingerprint density at radius 2 is 2.35 bits per heavy atom. The van der Waals surface area contributed by atoms with Crippen molar-refractivity contribution in [3.8, 4) is 0 Å². The van der Waals surface area contributed by atoms with Gasteiger partial charge in [-0.05, 0) is 12.8 Å². The molecule has 0 radical (unpaired) electrons. The third kappa shape index (κ3) is 2.60. The highest BCUT2D eigenvalue weighted by molar-refractivity contribution is 6.06. The van der Waals surface area contributed by atoms with Gasteiger partial charge in [-0.2, -0.15) is 0 Å². The van der Waals surface area contributed by atoms with Crippen molar-refractivity contribution in [2.75, 3.05) is 20.3 Å². The lowest BCUT2D eigenvalue weighted by Gasteiger charge is -2.37. The van der Waals surface area contributed by atoms with E-state index in [1.54, 1.807) is 19.4 Å². The molecule has 0 aromatic carbocycles. The number of ether oxygens (including phenoxy) is 1. The van der Waals surface area contributed by atoms with Crippen LogP contribution in [-0.4, -0.2) is 52.1 Å². The smallest absolute Gasteiger partial charge is 0.236 e. The van der Waals surface area contributed by atoms with Crippen LogP contribution in [0.1, 0.15) is 18.7 Å². The Morgan fingerprint density at radius 3 is 2.90 bits per heavy atom. The van der Waals surface area contributed by atoms with Gasteiger partial charge >= 0.3 is 0 Å². The van der Waals surface area contributed by atoms with E-state index in [-0.39, 0.29) is 11.7 Å². The minimum absolute atomic E-state index is 0.0582. The van der Waals surface area contributed by atoms with Gasteiger partial charge in [0.1, 0.15) is 11.2 Å². The maximum Gasteiger partial charge on any atom is 0.236 e. The molecule has 8 nitrogen and oxygen atoms in total. The molecule has 110 valence electrons. The third-order valence-corrected chi connectivity index (χ3v) is 3.64. The number of nitrogens with two attached hydrogens (primary N) is 1. The number of carbonyl (C=O) groups is 1. The van der Waals surface area contributed by atoms with Crippen LogP contribution in [0.15, 0.2) is 17.5 Å². The normalized spacial score (nSPS) is 18.8. The molecule has 1 aromatic rings. The Morgan fingerprint density at radius 1 is 1.65 bits per heavy atom. The van der Waals surface area contributed by atoms with Crippen LogP contribution in [0.5, 0.6) is 0 Å². The van der Waals surface area contributed by atoms with Gasteiger partial charge in [0.05, 0.1) is 6.54 Å². The topological polar surface area (TPSA) is 117 Å². The van der Waals surface area contributed by atoms with E-state index in [1.165, 1.54) is 4.90 Å². The van der Waals surface area contributed by atoms with Crippen molar-refractivity contribution in [3.63, 3.8) is 0 Å². The van der Waals surface area contributed by atoms with Crippen LogP contribution in [0.3, 0.4) is 0 Å². The van der Waals surface area contributed by atoms with Crippen molar-refractivity contribution in [2.45, 2.75) is 19.4 Å². The highest BCUT2D eigenvalue weighted by atomic mass is 16.5. The van der Waals surface area contributed by atoms with Gasteiger partial charge in [-0.1, -0.05) is 5.16 Å². The third-order valence-electron chi connectivity index (χ3n) is 3.64. The van der Waals surface area contributed by atoms with E-state index in [0.29, 0.717) is 38.4 Å². The zero-order valence-corrected chi connectivity index (χ0v) is 11.4. The quantitative estimate of drug-likeness (QED) is 0.309. The van der Waals surface area contributed by atoms with E-state index in [2.05, 4.69) is 15.1 Å². The van der Waals surface area contributed by atoms with Crippen molar-refractivity contribution < 1.29 is 14.7 Å². The summed E-state index contributed by atoms with van der Waals surface area (Å²) in [5, 5.41) is 12.0. The number of nitrogens with zero attached hydrogens (tertiary/aromatic N) is 3. The number of aromatic amines is 1. The van der Waals surface area contributed by atoms with Crippen LogP contribution in [0, 0.1) is 5.41 Å². The van der Waals surface area contributed by atoms with E-state index >= 15 is 0 Å². The summed E-state index contributed by atoms with van der Waals surface area (Å²) in [6.45, 7) is 1.17. The number of amides is 1. The summed E-state index contributed by atoms with van der Waals surface area (Å²) in [6.07, 6.45) is 4.14. The van der Waals surface area contributed by atoms with E-state index in [9.17, 15) is 4.79 Å². The minimum Gasteiger partial charge on any atom is -0.409 e. The van der Waals surface area contributed by atoms with Crippen LogP contribution < -0.4 is 5.73 Å². The van der Waals surface area contributed by atoms with Gasteiger partial charge in [-0.25, -0.2) is 4.98 Å². The van der Waals surface area contributed by atoms with E-state index < -0.39 is 5.41 Å². The van der Waals surface area contributed by atoms with Crippen LogP contribution in [0.2, 0.25) is 0 Å². The second-order valence-electron chi connectivity index (χ2n) is 4.88. The fourth-order valence-corrected chi connectivity index (χ4v) is 2.44. The summed E-state index contributed by atoms with van der Waals surface area (Å²) in [4.78, 5) is 21.3. The molecule has 0 saturated carbocycles. The minimum atomic E-state index is -0.992. The van der Waals surface area contributed by atoms with Crippen LogP contribution in [0.4, 0.5) is 0 Å². The van der Waals surface area contributed by atoms with E-state index in [1.807, 2.05) is 0 Å². The standard InChI is InChI=1S/C12H19N5O3/c1-17(8-9-14-4-5-15-9)11(18)12(10(13)16-19)2-6-20-7-3-12/h4-5,19H,2-3,6-8H2,1H3,(H2,13,16)(H,14,15). The summed E-state index contributed by atoms with van der Waals surface area (Å²) in [5.74, 6) is 0.437. The fourth-order valence-electron chi connectivity index (χ4n) is 2.44. The summed E-state index contributed by atoms with van der Waals surface area (Å²) in [6, 6.07) is 0. The van der Waals surface area contributed by atoms with E-state index in [0.717, 1.165) is 0 Å². The number of aromatic nitrogens is 2. The first-order valence-electron chi connectivity index (χ1n) is 6.40. The monoisotopic (exact) mass is 281 g/mol. The molecule has 1 aliphatic rings. The lowest BCUT2D eigenvalue weighted by Crippen LogP contribution is -2.53.